The molecule has 0 aromatic heterocycles. The third-order valence-electron chi connectivity index (χ3n) is 3.83. The monoisotopic (exact) mass is 364 g/mol. The first-order valence-electron chi connectivity index (χ1n) is 7.87. The highest BCUT2D eigenvalue weighted by atomic mass is 32.2. The standard InChI is InChI=1S/C17H20N2O5S/c20-15-9-17(24-10-16(15)21)18-11-6-12(19(22)23)8-14(7-11)25-13-4-2-1-3-5-13/h1-8,15-22H,9-10H2/t15-,16+,17+/m1/s1. The summed E-state index contributed by atoms with van der Waals surface area (Å²) in [6, 6.07) is 14.6. The number of ether oxygens (including phenoxy) is 1. The number of nitrogens with one attached hydrogen (secondary N) is 2. The molecular formula is C17H20N2O5S. The molecule has 1 fully saturated rings. The number of hydrogen-bond acceptors (Lipinski definition) is 7. The molecule has 1 saturated heterocycles. The number of aliphatic hydroxyl groups excluding tert-OH is 2. The Morgan fingerprint density at radius 3 is 2.52 bits per heavy atom. The molecule has 25 heavy (non-hydrogen) atoms. The van der Waals surface area contributed by atoms with Gasteiger partial charge in [-0.25, -0.2) is 5.21 Å². The summed E-state index contributed by atoms with van der Waals surface area (Å²) in [7, 11) is 0. The van der Waals surface area contributed by atoms with Crippen LogP contribution in [0.4, 0.5) is 11.4 Å². The van der Waals surface area contributed by atoms with Crippen LogP contribution in [-0.2, 0) is 4.74 Å². The van der Waals surface area contributed by atoms with Crippen LogP contribution in [0, 0.1) is 5.21 Å². The summed E-state index contributed by atoms with van der Waals surface area (Å²) < 4.78 is 5.45. The number of anilines is 1. The highest BCUT2D eigenvalue weighted by molar-refractivity contribution is 7.99. The van der Waals surface area contributed by atoms with Gasteiger partial charge in [-0.2, -0.15) is 5.23 Å². The first kappa shape index (κ1) is 18.2. The van der Waals surface area contributed by atoms with E-state index in [1.807, 2.05) is 36.4 Å². The lowest BCUT2D eigenvalue weighted by Gasteiger charge is -2.31. The Hall–Kier alpha value is -1.65. The zero-order chi connectivity index (χ0) is 17.8. The fourth-order valence-electron chi connectivity index (χ4n) is 2.55. The second kappa shape index (κ2) is 8.15. The van der Waals surface area contributed by atoms with Crippen molar-refractivity contribution in [2.45, 2.75) is 34.6 Å². The van der Waals surface area contributed by atoms with E-state index in [0.29, 0.717) is 5.69 Å². The van der Waals surface area contributed by atoms with Crippen LogP contribution < -0.4 is 10.5 Å². The topological polar surface area (TPSA) is 109 Å². The van der Waals surface area contributed by atoms with Crippen molar-refractivity contribution in [2.75, 3.05) is 11.9 Å². The summed E-state index contributed by atoms with van der Waals surface area (Å²) in [5, 5.41) is 42.1. The van der Waals surface area contributed by atoms with Crippen LogP contribution in [0.5, 0.6) is 0 Å². The van der Waals surface area contributed by atoms with Crippen LogP contribution in [-0.4, -0.2) is 40.5 Å². The number of benzene rings is 2. The lowest BCUT2D eigenvalue weighted by Crippen LogP contribution is -2.99. The predicted octanol–water partition coefficient (Wildman–Crippen LogP) is 1.12. The maximum Gasteiger partial charge on any atom is 0.166 e. The normalized spacial score (nSPS) is 24.7. The van der Waals surface area contributed by atoms with E-state index in [-0.39, 0.29) is 18.7 Å². The number of rotatable bonds is 5. The Balaban J connectivity index is 1.78. The molecule has 3 rings (SSSR count). The molecule has 0 radical (unpaired) electrons. The molecule has 1 aliphatic heterocycles. The van der Waals surface area contributed by atoms with Gasteiger partial charge in [0.15, 0.2) is 5.69 Å². The quantitative estimate of drug-likeness (QED) is 0.506. The van der Waals surface area contributed by atoms with E-state index in [9.17, 15) is 20.6 Å². The Labute approximate surface area is 149 Å². The van der Waals surface area contributed by atoms with E-state index < -0.39 is 23.7 Å². The number of quaternary nitrogens is 1. The van der Waals surface area contributed by atoms with Crippen molar-refractivity contribution < 1.29 is 25.4 Å². The minimum atomic E-state index is -1.02. The molecule has 0 aliphatic carbocycles. The highest BCUT2D eigenvalue weighted by Crippen LogP contribution is 2.32. The molecule has 0 saturated carbocycles. The largest absolute Gasteiger partial charge is 0.595 e. The van der Waals surface area contributed by atoms with Crippen molar-refractivity contribution in [3.05, 3.63) is 53.7 Å². The van der Waals surface area contributed by atoms with Gasteiger partial charge in [-0.1, -0.05) is 30.0 Å². The second-order valence-corrected chi connectivity index (χ2v) is 6.95. The SMILES string of the molecule is [O-][NH+](O)c1cc(N[C@@H]2C[C@@H](O)[C@@H](O)CO2)cc(Sc2ccccc2)c1. The minimum Gasteiger partial charge on any atom is -0.595 e. The molecule has 8 heteroatoms. The molecule has 5 N–H and O–H groups in total. The van der Waals surface area contributed by atoms with Gasteiger partial charge in [-0.05, 0) is 18.2 Å². The molecule has 7 nitrogen and oxygen atoms in total. The molecule has 0 bridgehead atoms. The second-order valence-electron chi connectivity index (χ2n) is 5.80. The Morgan fingerprint density at radius 1 is 1.08 bits per heavy atom. The molecule has 0 amide bonds. The van der Waals surface area contributed by atoms with E-state index in [1.165, 1.54) is 17.8 Å². The summed E-state index contributed by atoms with van der Waals surface area (Å²) in [5.74, 6) is 0. The van der Waals surface area contributed by atoms with Gasteiger partial charge in [0.1, 0.15) is 12.3 Å². The summed E-state index contributed by atoms with van der Waals surface area (Å²) >= 11 is 1.46. The Bertz CT molecular complexity index is 701. The van der Waals surface area contributed by atoms with Gasteiger partial charge in [-0.3, -0.25) is 0 Å². The van der Waals surface area contributed by atoms with Crippen molar-refractivity contribution in [1.82, 2.24) is 0 Å². The van der Waals surface area contributed by atoms with Crippen molar-refractivity contribution in [1.29, 1.82) is 0 Å². The van der Waals surface area contributed by atoms with Crippen LogP contribution >= 0.6 is 11.8 Å². The van der Waals surface area contributed by atoms with Gasteiger partial charge in [0.25, 0.3) is 0 Å². The molecule has 4 atom stereocenters. The first-order chi connectivity index (χ1) is 12.0. The summed E-state index contributed by atoms with van der Waals surface area (Å²) in [6.07, 6.45) is -2.03. The summed E-state index contributed by atoms with van der Waals surface area (Å²) in [6.45, 7) is 0.0308. The third kappa shape index (κ3) is 4.93. The molecule has 134 valence electrons. The van der Waals surface area contributed by atoms with Crippen LogP contribution in [0.15, 0.2) is 58.3 Å². The lowest BCUT2D eigenvalue weighted by molar-refractivity contribution is -0.991. The smallest absolute Gasteiger partial charge is 0.166 e. The fourth-order valence-corrected chi connectivity index (χ4v) is 3.48. The average Bonchev–Trinajstić information content (AvgIpc) is 2.59. The molecule has 1 heterocycles. The van der Waals surface area contributed by atoms with Gasteiger partial charge in [0, 0.05) is 34.0 Å². The maximum atomic E-state index is 11.4. The highest BCUT2D eigenvalue weighted by Gasteiger charge is 2.28. The third-order valence-corrected chi connectivity index (χ3v) is 4.81. The molecule has 1 unspecified atom stereocenters. The number of hydrogen-bond donors (Lipinski definition) is 5. The average molecular weight is 364 g/mol. The van der Waals surface area contributed by atoms with E-state index >= 15 is 0 Å². The maximum absolute atomic E-state index is 11.4. The van der Waals surface area contributed by atoms with E-state index in [2.05, 4.69) is 5.32 Å². The first-order valence-corrected chi connectivity index (χ1v) is 8.68. The summed E-state index contributed by atoms with van der Waals surface area (Å²) in [4.78, 5) is 1.79. The van der Waals surface area contributed by atoms with Crippen LogP contribution in [0.25, 0.3) is 0 Å². The minimum absolute atomic E-state index is 0.0308. The molecule has 0 spiro atoms. The molecular weight excluding hydrogens is 344 g/mol. The molecule has 1 aliphatic rings. The van der Waals surface area contributed by atoms with Gasteiger partial charge in [0.05, 0.1) is 12.7 Å². The zero-order valence-electron chi connectivity index (χ0n) is 13.3. The van der Waals surface area contributed by atoms with Crippen molar-refractivity contribution in [3.8, 4) is 0 Å². The van der Waals surface area contributed by atoms with Crippen molar-refractivity contribution in [3.63, 3.8) is 0 Å². The van der Waals surface area contributed by atoms with Crippen LogP contribution in [0.3, 0.4) is 0 Å². The van der Waals surface area contributed by atoms with Crippen LogP contribution in [0.2, 0.25) is 0 Å². The van der Waals surface area contributed by atoms with Crippen molar-refractivity contribution >= 4 is 23.1 Å². The summed E-state index contributed by atoms with van der Waals surface area (Å²) in [5.41, 5.74) is 0.756. The van der Waals surface area contributed by atoms with E-state index in [1.54, 1.807) is 6.07 Å². The molecule has 2 aromatic rings. The Kier molecular flexibility index (Phi) is 5.92. The lowest BCUT2D eigenvalue weighted by atomic mass is 10.1. The van der Waals surface area contributed by atoms with Crippen molar-refractivity contribution in [2.24, 2.45) is 0 Å². The van der Waals surface area contributed by atoms with Gasteiger partial charge < -0.3 is 25.5 Å². The Morgan fingerprint density at radius 2 is 1.84 bits per heavy atom. The van der Waals surface area contributed by atoms with E-state index in [4.69, 9.17) is 4.74 Å². The van der Waals surface area contributed by atoms with Gasteiger partial charge >= 0.3 is 0 Å². The fraction of sp³-hybridized carbons (Fsp3) is 0.294. The van der Waals surface area contributed by atoms with E-state index in [0.717, 1.165) is 9.79 Å². The van der Waals surface area contributed by atoms with Crippen LogP contribution in [0.1, 0.15) is 6.42 Å². The molecule has 2 aromatic carbocycles. The zero-order valence-corrected chi connectivity index (χ0v) is 14.1. The predicted molar refractivity (Wildman–Crippen MR) is 92.8 cm³/mol. The van der Waals surface area contributed by atoms with Gasteiger partial charge in [-0.15, -0.1) is 0 Å². The number of aliphatic hydroxyl groups is 2. The van der Waals surface area contributed by atoms with Gasteiger partial charge in [0.2, 0.25) is 0 Å².